The minimum Gasteiger partial charge on any atom is -0.376 e. The Bertz CT molecular complexity index is 583. The van der Waals surface area contributed by atoms with Crippen LogP contribution in [0.25, 0.3) is 0 Å². The van der Waals surface area contributed by atoms with E-state index in [4.69, 9.17) is 17.0 Å². The Kier molecular flexibility index (Phi) is 5.37. The minimum atomic E-state index is 0.272. The third kappa shape index (κ3) is 4.25. The number of hydrogen-bond donors (Lipinski definition) is 1. The molecule has 22 heavy (non-hydrogen) atoms. The van der Waals surface area contributed by atoms with E-state index in [1.807, 2.05) is 12.1 Å². The van der Waals surface area contributed by atoms with Crippen molar-refractivity contribution in [3.8, 4) is 0 Å². The van der Waals surface area contributed by atoms with Gasteiger partial charge in [-0.15, -0.1) is 11.3 Å². The number of aromatic nitrogens is 1. The standard InChI is InChI=1S/C16H19N3OS2/c21-16(18-13-4-1-7-17-10-13)19(11-14-5-2-8-20-14)12-15-6-3-9-22-15/h1,3-4,6-7,9-10,14H,2,5,8,11-12H2,(H,18,21)/t14-/m0/s1. The molecule has 0 spiro atoms. The van der Waals surface area contributed by atoms with Crippen molar-refractivity contribution in [2.75, 3.05) is 18.5 Å². The molecule has 0 saturated carbocycles. The fraction of sp³-hybridized carbons (Fsp3) is 0.375. The Morgan fingerprint density at radius 2 is 2.41 bits per heavy atom. The molecule has 1 atom stereocenters. The molecule has 1 fully saturated rings. The van der Waals surface area contributed by atoms with E-state index in [0.29, 0.717) is 0 Å². The molecule has 0 unspecified atom stereocenters. The molecule has 1 aliphatic heterocycles. The van der Waals surface area contributed by atoms with E-state index in [2.05, 4.69) is 32.7 Å². The Hall–Kier alpha value is -1.50. The van der Waals surface area contributed by atoms with Crippen molar-refractivity contribution in [2.24, 2.45) is 0 Å². The molecule has 6 heteroatoms. The van der Waals surface area contributed by atoms with Crippen molar-refractivity contribution < 1.29 is 4.74 Å². The first-order valence-electron chi connectivity index (χ1n) is 7.41. The van der Waals surface area contributed by atoms with Gasteiger partial charge < -0.3 is 15.0 Å². The summed E-state index contributed by atoms with van der Waals surface area (Å²) >= 11 is 7.35. The molecule has 116 valence electrons. The number of thiocarbonyl (C=S) groups is 1. The Morgan fingerprint density at radius 1 is 1.45 bits per heavy atom. The molecule has 0 bridgehead atoms. The molecular formula is C16H19N3OS2. The van der Waals surface area contributed by atoms with E-state index in [1.165, 1.54) is 4.88 Å². The smallest absolute Gasteiger partial charge is 0.173 e. The van der Waals surface area contributed by atoms with Crippen molar-refractivity contribution in [2.45, 2.75) is 25.5 Å². The van der Waals surface area contributed by atoms with E-state index < -0.39 is 0 Å². The lowest BCUT2D eigenvalue weighted by Crippen LogP contribution is -2.39. The van der Waals surface area contributed by atoms with Crippen LogP contribution in [0.4, 0.5) is 5.69 Å². The SMILES string of the molecule is S=C(Nc1cccnc1)N(Cc1cccs1)C[C@@H]1CCCO1. The first kappa shape index (κ1) is 15.4. The van der Waals surface area contributed by atoms with Crippen LogP contribution in [0.2, 0.25) is 0 Å². The molecule has 1 N–H and O–H groups in total. The number of ether oxygens (including phenoxy) is 1. The van der Waals surface area contributed by atoms with Gasteiger partial charge in [0.15, 0.2) is 5.11 Å². The first-order valence-corrected chi connectivity index (χ1v) is 8.70. The number of nitrogens with zero attached hydrogens (tertiary/aromatic N) is 2. The molecule has 0 aromatic carbocycles. The normalized spacial score (nSPS) is 17.4. The van der Waals surface area contributed by atoms with E-state index in [1.54, 1.807) is 23.7 Å². The maximum absolute atomic E-state index is 5.76. The first-order chi connectivity index (χ1) is 10.8. The van der Waals surface area contributed by atoms with E-state index in [0.717, 1.165) is 43.3 Å². The number of nitrogens with one attached hydrogen (secondary N) is 1. The quantitative estimate of drug-likeness (QED) is 0.848. The van der Waals surface area contributed by atoms with Crippen molar-refractivity contribution in [3.63, 3.8) is 0 Å². The minimum absolute atomic E-state index is 0.272. The van der Waals surface area contributed by atoms with Gasteiger partial charge in [0.25, 0.3) is 0 Å². The maximum atomic E-state index is 5.76. The Morgan fingerprint density at radius 3 is 3.09 bits per heavy atom. The second kappa shape index (κ2) is 7.67. The van der Waals surface area contributed by atoms with Crippen LogP contribution in [0.5, 0.6) is 0 Å². The fourth-order valence-electron chi connectivity index (χ4n) is 2.48. The van der Waals surface area contributed by atoms with Crippen LogP contribution >= 0.6 is 23.6 Å². The summed E-state index contributed by atoms with van der Waals surface area (Å²) in [5.41, 5.74) is 0.913. The summed E-state index contributed by atoms with van der Waals surface area (Å²) in [4.78, 5) is 7.60. The van der Waals surface area contributed by atoms with Gasteiger partial charge >= 0.3 is 0 Å². The monoisotopic (exact) mass is 333 g/mol. The van der Waals surface area contributed by atoms with Crippen molar-refractivity contribution >= 4 is 34.4 Å². The third-order valence-corrected chi connectivity index (χ3v) is 4.80. The maximum Gasteiger partial charge on any atom is 0.173 e. The van der Waals surface area contributed by atoms with Crippen LogP contribution in [0.3, 0.4) is 0 Å². The average molecular weight is 333 g/mol. The van der Waals surface area contributed by atoms with Gasteiger partial charge in [0.2, 0.25) is 0 Å². The Labute approximate surface area is 140 Å². The summed E-state index contributed by atoms with van der Waals surface area (Å²) in [5, 5.41) is 6.09. The number of pyridine rings is 1. The molecule has 1 saturated heterocycles. The van der Waals surface area contributed by atoms with Crippen LogP contribution in [0, 0.1) is 0 Å². The van der Waals surface area contributed by atoms with Gasteiger partial charge in [-0.3, -0.25) is 4.98 Å². The zero-order valence-corrected chi connectivity index (χ0v) is 13.9. The summed E-state index contributed by atoms with van der Waals surface area (Å²) in [5.74, 6) is 0. The highest BCUT2D eigenvalue weighted by molar-refractivity contribution is 7.80. The van der Waals surface area contributed by atoms with E-state index in [9.17, 15) is 0 Å². The summed E-state index contributed by atoms with van der Waals surface area (Å²) in [6.07, 6.45) is 6.05. The van der Waals surface area contributed by atoms with Crippen molar-refractivity contribution in [1.29, 1.82) is 0 Å². The number of hydrogen-bond acceptors (Lipinski definition) is 4. The lowest BCUT2D eigenvalue weighted by molar-refractivity contribution is 0.0907. The lowest BCUT2D eigenvalue weighted by atomic mass is 10.2. The molecule has 1 aliphatic rings. The number of thiophene rings is 1. The second-order valence-electron chi connectivity index (χ2n) is 5.27. The topological polar surface area (TPSA) is 37.4 Å². The molecule has 2 aromatic rings. The van der Waals surface area contributed by atoms with Gasteiger partial charge in [-0.2, -0.15) is 0 Å². The number of rotatable bonds is 5. The summed E-state index contributed by atoms with van der Waals surface area (Å²) < 4.78 is 5.76. The fourth-order valence-corrected chi connectivity index (χ4v) is 3.46. The lowest BCUT2D eigenvalue weighted by Gasteiger charge is -2.27. The third-order valence-electron chi connectivity index (χ3n) is 3.57. The van der Waals surface area contributed by atoms with Gasteiger partial charge in [0.05, 0.1) is 24.5 Å². The van der Waals surface area contributed by atoms with Crippen molar-refractivity contribution in [3.05, 3.63) is 46.9 Å². The molecule has 2 aromatic heterocycles. The van der Waals surface area contributed by atoms with E-state index in [-0.39, 0.29) is 6.10 Å². The summed E-state index contributed by atoms with van der Waals surface area (Å²) in [6.45, 7) is 2.49. The number of anilines is 1. The van der Waals surface area contributed by atoms with Gasteiger partial charge in [0, 0.05) is 24.2 Å². The van der Waals surface area contributed by atoms with Gasteiger partial charge in [-0.05, 0) is 48.6 Å². The second-order valence-corrected chi connectivity index (χ2v) is 6.69. The van der Waals surface area contributed by atoms with Crippen molar-refractivity contribution in [1.82, 2.24) is 9.88 Å². The predicted molar refractivity (Wildman–Crippen MR) is 94.2 cm³/mol. The zero-order chi connectivity index (χ0) is 15.2. The summed E-state index contributed by atoms with van der Waals surface area (Å²) in [6, 6.07) is 8.07. The van der Waals surface area contributed by atoms with Crippen LogP contribution in [0.15, 0.2) is 42.0 Å². The van der Waals surface area contributed by atoms with Gasteiger partial charge in [-0.1, -0.05) is 6.07 Å². The molecule has 3 rings (SSSR count). The molecule has 3 heterocycles. The molecule has 0 aliphatic carbocycles. The largest absolute Gasteiger partial charge is 0.376 e. The predicted octanol–water partition coefficient (Wildman–Crippen LogP) is 3.52. The van der Waals surface area contributed by atoms with Crippen LogP contribution in [0.1, 0.15) is 17.7 Å². The van der Waals surface area contributed by atoms with E-state index >= 15 is 0 Å². The van der Waals surface area contributed by atoms with Crippen LogP contribution in [-0.2, 0) is 11.3 Å². The molecular weight excluding hydrogens is 314 g/mol. The Balaban J connectivity index is 1.67. The average Bonchev–Trinajstić information content (AvgIpc) is 3.21. The molecule has 0 amide bonds. The van der Waals surface area contributed by atoms with Crippen LogP contribution in [-0.4, -0.2) is 34.3 Å². The van der Waals surface area contributed by atoms with Gasteiger partial charge in [-0.25, -0.2) is 0 Å². The highest BCUT2D eigenvalue weighted by atomic mass is 32.1. The molecule has 0 radical (unpaired) electrons. The highest BCUT2D eigenvalue weighted by Crippen LogP contribution is 2.18. The van der Waals surface area contributed by atoms with Crippen LogP contribution < -0.4 is 5.32 Å². The highest BCUT2D eigenvalue weighted by Gasteiger charge is 2.21. The summed E-state index contributed by atoms with van der Waals surface area (Å²) in [7, 11) is 0. The zero-order valence-electron chi connectivity index (χ0n) is 12.3. The van der Waals surface area contributed by atoms with Gasteiger partial charge in [0.1, 0.15) is 0 Å². The molecule has 4 nitrogen and oxygen atoms in total.